The topological polar surface area (TPSA) is 96.0 Å². The molecule has 1 heterocycles. The average Bonchev–Trinajstić information content (AvgIpc) is 2.86. The first-order valence-electron chi connectivity index (χ1n) is 9.83. The van der Waals surface area contributed by atoms with E-state index in [9.17, 15) is 18.0 Å². The molecule has 0 bridgehead atoms. The van der Waals surface area contributed by atoms with Crippen LogP contribution in [0.5, 0.6) is 0 Å². The molecule has 162 valence electrons. The first-order valence-corrected chi connectivity index (χ1v) is 11.3. The summed E-state index contributed by atoms with van der Waals surface area (Å²) in [5, 5.41) is 2.93. The molecule has 1 amide bonds. The second-order valence-electron chi connectivity index (χ2n) is 8.08. The van der Waals surface area contributed by atoms with Crippen molar-refractivity contribution in [3.05, 3.63) is 29.8 Å². The van der Waals surface area contributed by atoms with Gasteiger partial charge in [0.25, 0.3) is 0 Å². The number of benzene rings is 1. The summed E-state index contributed by atoms with van der Waals surface area (Å²) in [6.45, 7) is 9.84. The van der Waals surface area contributed by atoms with E-state index in [1.807, 2.05) is 25.7 Å². The van der Waals surface area contributed by atoms with Gasteiger partial charge >= 0.3 is 5.97 Å². The van der Waals surface area contributed by atoms with Crippen LogP contribution in [0.25, 0.3) is 0 Å². The second kappa shape index (κ2) is 9.69. The van der Waals surface area contributed by atoms with Gasteiger partial charge in [-0.1, -0.05) is 0 Å². The maximum absolute atomic E-state index is 13.0. The molecule has 1 aromatic carbocycles. The number of amides is 1. The molecule has 0 saturated carbocycles. The summed E-state index contributed by atoms with van der Waals surface area (Å²) in [6, 6.07) is 5.79. The summed E-state index contributed by atoms with van der Waals surface area (Å²) in [5.74, 6) is -0.543. The molecule has 1 N–H and O–H groups in total. The van der Waals surface area contributed by atoms with Crippen LogP contribution < -0.4 is 5.32 Å². The largest absolute Gasteiger partial charge is 0.462 e. The predicted molar refractivity (Wildman–Crippen MR) is 110 cm³/mol. The lowest BCUT2D eigenvalue weighted by Gasteiger charge is -2.25. The minimum atomic E-state index is -3.67. The van der Waals surface area contributed by atoms with Crippen molar-refractivity contribution in [1.82, 2.24) is 14.5 Å². The highest BCUT2D eigenvalue weighted by molar-refractivity contribution is 7.89. The van der Waals surface area contributed by atoms with Gasteiger partial charge in [0.05, 0.1) is 23.6 Å². The summed E-state index contributed by atoms with van der Waals surface area (Å²) in [5.41, 5.74) is 0.0197. The maximum Gasteiger partial charge on any atom is 0.338 e. The second-order valence-corrected chi connectivity index (χ2v) is 10.0. The van der Waals surface area contributed by atoms with Crippen LogP contribution in [0.15, 0.2) is 29.2 Å². The van der Waals surface area contributed by atoms with Gasteiger partial charge in [0, 0.05) is 25.2 Å². The standard InChI is InChI=1S/C20H31N3O5S/c1-5-28-19(25)16-7-9-17(10-8-16)29(26,27)23-12-6-11-22(13-14-23)15-18(24)21-20(2,3)4/h7-10H,5-6,11-15H2,1-4H3,(H,21,24). The maximum atomic E-state index is 13.0. The summed E-state index contributed by atoms with van der Waals surface area (Å²) in [7, 11) is -3.67. The van der Waals surface area contributed by atoms with Crippen molar-refractivity contribution in [2.24, 2.45) is 0 Å². The van der Waals surface area contributed by atoms with Crippen LogP contribution in [-0.4, -0.2) is 74.4 Å². The fourth-order valence-corrected chi connectivity index (χ4v) is 4.60. The van der Waals surface area contributed by atoms with E-state index in [0.717, 1.165) is 0 Å². The number of hydrogen-bond acceptors (Lipinski definition) is 6. The zero-order valence-electron chi connectivity index (χ0n) is 17.6. The smallest absolute Gasteiger partial charge is 0.338 e. The van der Waals surface area contributed by atoms with Crippen LogP contribution in [-0.2, 0) is 19.6 Å². The molecule has 1 aliphatic rings. The highest BCUT2D eigenvalue weighted by Gasteiger charge is 2.28. The van der Waals surface area contributed by atoms with Crippen LogP contribution >= 0.6 is 0 Å². The Hall–Kier alpha value is -1.97. The number of nitrogens with zero attached hydrogens (tertiary/aromatic N) is 2. The van der Waals surface area contributed by atoms with Crippen molar-refractivity contribution < 1.29 is 22.7 Å². The van der Waals surface area contributed by atoms with Crippen LogP contribution in [0.1, 0.15) is 44.5 Å². The molecule has 9 heteroatoms. The highest BCUT2D eigenvalue weighted by atomic mass is 32.2. The first-order chi connectivity index (χ1) is 13.5. The van der Waals surface area contributed by atoms with Crippen molar-refractivity contribution in [2.45, 2.75) is 44.6 Å². The van der Waals surface area contributed by atoms with E-state index in [2.05, 4.69) is 5.32 Å². The molecular formula is C20H31N3O5S. The molecule has 8 nitrogen and oxygen atoms in total. The van der Waals surface area contributed by atoms with E-state index in [0.29, 0.717) is 38.2 Å². The van der Waals surface area contributed by atoms with Crippen LogP contribution in [0, 0.1) is 0 Å². The SMILES string of the molecule is CCOC(=O)c1ccc(S(=O)(=O)N2CCCN(CC(=O)NC(C)(C)C)CC2)cc1. The van der Waals surface area contributed by atoms with Crippen LogP contribution in [0.3, 0.4) is 0 Å². The quantitative estimate of drug-likeness (QED) is 0.694. The van der Waals surface area contributed by atoms with Gasteiger partial charge in [-0.2, -0.15) is 4.31 Å². The third-order valence-electron chi connectivity index (χ3n) is 4.43. The van der Waals surface area contributed by atoms with Crippen molar-refractivity contribution in [3.63, 3.8) is 0 Å². The van der Waals surface area contributed by atoms with Crippen molar-refractivity contribution in [2.75, 3.05) is 39.3 Å². The highest BCUT2D eigenvalue weighted by Crippen LogP contribution is 2.19. The fourth-order valence-electron chi connectivity index (χ4n) is 3.13. The zero-order valence-corrected chi connectivity index (χ0v) is 18.4. The lowest BCUT2D eigenvalue weighted by Crippen LogP contribution is -2.46. The van der Waals surface area contributed by atoms with E-state index in [1.54, 1.807) is 6.92 Å². The zero-order chi connectivity index (χ0) is 21.7. The Morgan fingerprint density at radius 2 is 1.72 bits per heavy atom. The van der Waals surface area contributed by atoms with Gasteiger partial charge in [-0.25, -0.2) is 13.2 Å². The lowest BCUT2D eigenvalue weighted by atomic mass is 10.1. The van der Waals surface area contributed by atoms with Gasteiger partial charge in [-0.15, -0.1) is 0 Å². The Kier molecular flexibility index (Phi) is 7.79. The molecule has 1 saturated heterocycles. The summed E-state index contributed by atoms with van der Waals surface area (Å²) in [6.07, 6.45) is 0.642. The van der Waals surface area contributed by atoms with E-state index in [4.69, 9.17) is 4.74 Å². The Bertz CT molecular complexity index is 816. The Labute approximate surface area is 173 Å². The van der Waals surface area contributed by atoms with Crippen molar-refractivity contribution >= 4 is 21.9 Å². The normalized spacial score (nSPS) is 16.8. The molecule has 0 atom stereocenters. The van der Waals surface area contributed by atoms with E-state index >= 15 is 0 Å². The minimum Gasteiger partial charge on any atom is -0.462 e. The third kappa shape index (κ3) is 6.80. The molecule has 0 aromatic heterocycles. The molecule has 0 aliphatic carbocycles. The number of carbonyl (C=O) groups is 2. The molecule has 0 unspecified atom stereocenters. The van der Waals surface area contributed by atoms with Gasteiger partial charge in [0.2, 0.25) is 15.9 Å². The van der Waals surface area contributed by atoms with E-state index < -0.39 is 16.0 Å². The van der Waals surface area contributed by atoms with Crippen LogP contribution in [0.2, 0.25) is 0 Å². The van der Waals surface area contributed by atoms with Gasteiger partial charge in [0.15, 0.2) is 0 Å². The van der Waals surface area contributed by atoms with Gasteiger partial charge < -0.3 is 10.1 Å². The number of rotatable bonds is 6. The van der Waals surface area contributed by atoms with E-state index in [1.165, 1.54) is 28.6 Å². The van der Waals surface area contributed by atoms with Crippen LogP contribution in [0.4, 0.5) is 0 Å². The molecule has 2 rings (SSSR count). The minimum absolute atomic E-state index is 0.0663. The Balaban J connectivity index is 2.01. The monoisotopic (exact) mass is 425 g/mol. The summed E-state index contributed by atoms with van der Waals surface area (Å²) < 4.78 is 32.3. The Morgan fingerprint density at radius 3 is 2.31 bits per heavy atom. The Morgan fingerprint density at radius 1 is 1.07 bits per heavy atom. The van der Waals surface area contributed by atoms with E-state index in [-0.39, 0.29) is 29.5 Å². The van der Waals surface area contributed by atoms with Gasteiger partial charge in [-0.3, -0.25) is 9.69 Å². The van der Waals surface area contributed by atoms with Crippen molar-refractivity contribution in [1.29, 1.82) is 0 Å². The lowest BCUT2D eigenvalue weighted by molar-refractivity contribution is -0.123. The number of sulfonamides is 1. The first kappa shape index (κ1) is 23.3. The fraction of sp³-hybridized carbons (Fsp3) is 0.600. The summed E-state index contributed by atoms with van der Waals surface area (Å²) >= 11 is 0. The molecule has 0 radical (unpaired) electrons. The number of hydrogen-bond donors (Lipinski definition) is 1. The predicted octanol–water partition coefficient (Wildman–Crippen LogP) is 1.47. The molecule has 1 aromatic rings. The molecule has 0 spiro atoms. The van der Waals surface area contributed by atoms with Crippen molar-refractivity contribution in [3.8, 4) is 0 Å². The molecule has 1 fully saturated rings. The molecule has 29 heavy (non-hydrogen) atoms. The molecular weight excluding hydrogens is 394 g/mol. The number of nitrogens with one attached hydrogen (secondary N) is 1. The number of esters is 1. The third-order valence-corrected chi connectivity index (χ3v) is 6.35. The number of ether oxygens (including phenoxy) is 1. The average molecular weight is 426 g/mol. The van der Waals surface area contributed by atoms with Gasteiger partial charge in [0.1, 0.15) is 0 Å². The number of carbonyl (C=O) groups excluding carboxylic acids is 2. The van der Waals surface area contributed by atoms with Gasteiger partial charge in [-0.05, 0) is 64.9 Å². The summed E-state index contributed by atoms with van der Waals surface area (Å²) in [4.78, 5) is 26.0. The molecule has 1 aliphatic heterocycles.